The van der Waals surface area contributed by atoms with Crippen LogP contribution in [0.25, 0.3) is 5.78 Å². The first kappa shape index (κ1) is 13.8. The first-order valence-corrected chi connectivity index (χ1v) is 7.27. The van der Waals surface area contributed by atoms with Gasteiger partial charge in [-0.05, 0) is 25.3 Å². The van der Waals surface area contributed by atoms with Crippen LogP contribution in [0.3, 0.4) is 0 Å². The lowest BCUT2D eigenvalue weighted by Crippen LogP contribution is -2.04. The highest BCUT2D eigenvalue weighted by molar-refractivity contribution is 5.39. The van der Waals surface area contributed by atoms with E-state index in [4.69, 9.17) is 0 Å². The zero-order valence-corrected chi connectivity index (χ0v) is 12.1. The molecule has 0 aromatic carbocycles. The van der Waals surface area contributed by atoms with E-state index in [1.807, 2.05) is 4.52 Å². The molecule has 0 atom stereocenters. The largest absolute Gasteiger partial charge is 0.353 e. The molecule has 0 fully saturated rings. The van der Waals surface area contributed by atoms with E-state index in [-0.39, 0.29) is 0 Å². The van der Waals surface area contributed by atoms with Gasteiger partial charge in [0, 0.05) is 17.9 Å². The van der Waals surface area contributed by atoms with Crippen molar-refractivity contribution in [3.05, 3.63) is 17.5 Å². The summed E-state index contributed by atoms with van der Waals surface area (Å²) in [4.78, 5) is 9.05. The van der Waals surface area contributed by atoms with Crippen LogP contribution in [0.2, 0.25) is 0 Å². The molecule has 5 nitrogen and oxygen atoms in total. The van der Waals surface area contributed by atoms with Crippen molar-refractivity contribution < 1.29 is 0 Å². The molecule has 0 saturated carbocycles. The van der Waals surface area contributed by atoms with E-state index in [1.165, 1.54) is 5.69 Å². The lowest BCUT2D eigenvalue weighted by atomic mass is 10.2. The van der Waals surface area contributed by atoms with Crippen LogP contribution in [0.1, 0.15) is 51.4 Å². The van der Waals surface area contributed by atoms with Crippen LogP contribution in [-0.4, -0.2) is 26.1 Å². The summed E-state index contributed by atoms with van der Waals surface area (Å²) in [6, 6.07) is 2.16. The van der Waals surface area contributed by atoms with Gasteiger partial charge in [-0.1, -0.05) is 33.6 Å². The maximum atomic E-state index is 4.59. The van der Waals surface area contributed by atoms with E-state index in [1.54, 1.807) is 0 Å². The first-order chi connectivity index (χ1) is 9.28. The Hall–Kier alpha value is -1.65. The van der Waals surface area contributed by atoms with Gasteiger partial charge in [0.2, 0.25) is 5.95 Å². The quantitative estimate of drug-likeness (QED) is 0.832. The van der Waals surface area contributed by atoms with Gasteiger partial charge in [0.25, 0.3) is 5.78 Å². The van der Waals surface area contributed by atoms with Gasteiger partial charge in [-0.25, -0.2) is 4.98 Å². The fraction of sp³-hybridized carbons (Fsp3) is 0.643. The topological polar surface area (TPSA) is 55.1 Å². The summed E-state index contributed by atoms with van der Waals surface area (Å²) in [5, 5.41) is 7.72. The molecule has 0 unspecified atom stereocenters. The van der Waals surface area contributed by atoms with E-state index >= 15 is 0 Å². The molecule has 19 heavy (non-hydrogen) atoms. The predicted molar refractivity (Wildman–Crippen MR) is 77.6 cm³/mol. The van der Waals surface area contributed by atoms with Crippen LogP contribution >= 0.6 is 0 Å². The molecule has 0 spiro atoms. The first-order valence-electron chi connectivity index (χ1n) is 7.27. The van der Waals surface area contributed by atoms with Gasteiger partial charge < -0.3 is 5.32 Å². The molecule has 0 amide bonds. The molecule has 5 heteroatoms. The Kier molecular flexibility index (Phi) is 4.71. The lowest BCUT2D eigenvalue weighted by Gasteiger charge is -2.05. The van der Waals surface area contributed by atoms with Gasteiger partial charge in [0.15, 0.2) is 0 Å². The second-order valence-electron chi connectivity index (χ2n) is 4.81. The number of fused-ring (bicyclic) bond motifs is 1. The summed E-state index contributed by atoms with van der Waals surface area (Å²) in [5.74, 6) is 1.40. The fourth-order valence-electron chi connectivity index (χ4n) is 2.11. The van der Waals surface area contributed by atoms with Gasteiger partial charge in [0.1, 0.15) is 0 Å². The molecule has 2 heterocycles. The fourth-order valence-corrected chi connectivity index (χ4v) is 2.11. The molecular formula is C14H23N5. The summed E-state index contributed by atoms with van der Waals surface area (Å²) < 4.78 is 1.88. The third kappa shape index (κ3) is 3.22. The van der Waals surface area contributed by atoms with Gasteiger partial charge in [-0.3, -0.25) is 0 Å². The average Bonchev–Trinajstić information content (AvgIpc) is 2.80. The summed E-state index contributed by atoms with van der Waals surface area (Å²) in [6.07, 6.45) is 5.27. The molecule has 2 rings (SSSR count). The minimum absolute atomic E-state index is 0.681. The van der Waals surface area contributed by atoms with Crippen molar-refractivity contribution >= 4 is 11.7 Å². The van der Waals surface area contributed by atoms with Crippen molar-refractivity contribution in [2.24, 2.45) is 0 Å². The Morgan fingerprint density at radius 1 is 1.05 bits per heavy atom. The Morgan fingerprint density at radius 3 is 2.53 bits per heavy atom. The lowest BCUT2D eigenvalue weighted by molar-refractivity contribution is 0.776. The number of anilines is 1. The van der Waals surface area contributed by atoms with Crippen molar-refractivity contribution in [3.8, 4) is 0 Å². The SMILES string of the molecule is CCCNc1nc2nc(CCC)cc(CCC)n2n1. The molecule has 0 aliphatic rings. The van der Waals surface area contributed by atoms with Gasteiger partial charge >= 0.3 is 0 Å². The van der Waals surface area contributed by atoms with E-state index in [2.05, 4.69) is 47.2 Å². The van der Waals surface area contributed by atoms with E-state index in [9.17, 15) is 0 Å². The number of nitrogens with one attached hydrogen (secondary N) is 1. The molecule has 0 aliphatic heterocycles. The average molecular weight is 261 g/mol. The van der Waals surface area contributed by atoms with Crippen molar-refractivity contribution in [2.75, 3.05) is 11.9 Å². The van der Waals surface area contributed by atoms with Crippen molar-refractivity contribution in [3.63, 3.8) is 0 Å². The van der Waals surface area contributed by atoms with Crippen LogP contribution in [0.15, 0.2) is 6.07 Å². The zero-order chi connectivity index (χ0) is 13.7. The van der Waals surface area contributed by atoms with E-state index in [0.29, 0.717) is 11.7 Å². The molecule has 104 valence electrons. The highest BCUT2D eigenvalue weighted by Gasteiger charge is 2.10. The number of rotatable bonds is 7. The molecule has 2 aromatic rings. The number of nitrogens with zero attached hydrogens (tertiary/aromatic N) is 4. The smallest absolute Gasteiger partial charge is 0.254 e. The molecule has 0 radical (unpaired) electrons. The van der Waals surface area contributed by atoms with Crippen molar-refractivity contribution in [1.29, 1.82) is 0 Å². The van der Waals surface area contributed by atoms with Crippen LogP contribution < -0.4 is 5.32 Å². The van der Waals surface area contributed by atoms with Gasteiger partial charge in [-0.15, -0.1) is 5.10 Å². The Morgan fingerprint density at radius 2 is 1.84 bits per heavy atom. The molecule has 0 aliphatic carbocycles. The number of hydrogen-bond acceptors (Lipinski definition) is 4. The summed E-state index contributed by atoms with van der Waals surface area (Å²) in [6.45, 7) is 7.37. The van der Waals surface area contributed by atoms with Gasteiger partial charge in [-0.2, -0.15) is 9.50 Å². The van der Waals surface area contributed by atoms with Crippen molar-refractivity contribution in [2.45, 2.75) is 52.9 Å². The minimum atomic E-state index is 0.681. The molecule has 0 saturated heterocycles. The summed E-state index contributed by atoms with van der Waals surface area (Å²) in [5.41, 5.74) is 2.32. The van der Waals surface area contributed by atoms with Crippen LogP contribution in [0.4, 0.5) is 5.95 Å². The minimum Gasteiger partial charge on any atom is -0.353 e. The number of aryl methyl sites for hydroxylation is 2. The molecule has 0 bridgehead atoms. The highest BCUT2D eigenvalue weighted by atomic mass is 15.4. The third-order valence-electron chi connectivity index (χ3n) is 2.98. The van der Waals surface area contributed by atoms with Crippen LogP contribution in [0.5, 0.6) is 0 Å². The standard InChI is InChI=1S/C14H23N5/c1-4-7-11-10-12(8-5-2)19-14(16-11)17-13(18-19)15-9-6-3/h10H,4-9H2,1-3H3,(H,15,18). The maximum Gasteiger partial charge on any atom is 0.254 e. The monoisotopic (exact) mass is 261 g/mol. The maximum absolute atomic E-state index is 4.59. The Balaban J connectivity index is 2.38. The highest BCUT2D eigenvalue weighted by Crippen LogP contribution is 2.12. The van der Waals surface area contributed by atoms with E-state index < -0.39 is 0 Å². The normalized spacial score (nSPS) is 11.1. The summed E-state index contributed by atoms with van der Waals surface area (Å²) >= 11 is 0. The second kappa shape index (κ2) is 6.50. The second-order valence-corrected chi connectivity index (χ2v) is 4.81. The predicted octanol–water partition coefficient (Wildman–Crippen LogP) is 2.85. The van der Waals surface area contributed by atoms with Crippen LogP contribution in [0, 0.1) is 0 Å². The Labute approximate surface area is 114 Å². The zero-order valence-electron chi connectivity index (χ0n) is 12.1. The van der Waals surface area contributed by atoms with Crippen LogP contribution in [-0.2, 0) is 12.8 Å². The third-order valence-corrected chi connectivity index (χ3v) is 2.98. The number of aromatic nitrogens is 4. The van der Waals surface area contributed by atoms with Gasteiger partial charge in [0.05, 0.1) is 0 Å². The molecule has 1 N–H and O–H groups in total. The van der Waals surface area contributed by atoms with E-state index in [0.717, 1.165) is 44.3 Å². The number of hydrogen-bond donors (Lipinski definition) is 1. The Bertz CT molecular complexity index is 532. The summed E-state index contributed by atoms with van der Waals surface area (Å²) in [7, 11) is 0. The molecular weight excluding hydrogens is 238 g/mol. The molecule has 2 aromatic heterocycles. The van der Waals surface area contributed by atoms with Crippen molar-refractivity contribution in [1.82, 2.24) is 19.6 Å².